The molecule has 21 heavy (non-hydrogen) atoms. The minimum Gasteiger partial charge on any atom is -0.492 e. The fourth-order valence-electron chi connectivity index (χ4n) is 2.11. The molecule has 0 heterocycles. The molecule has 0 aliphatic rings. The highest BCUT2D eigenvalue weighted by Gasteiger charge is 2.02. The molecule has 0 aliphatic carbocycles. The van der Waals surface area contributed by atoms with Crippen molar-refractivity contribution in [3.05, 3.63) is 65.5 Å². The second-order valence-electron chi connectivity index (χ2n) is 5.07. The van der Waals surface area contributed by atoms with E-state index in [9.17, 15) is 4.39 Å². The first-order valence-corrected chi connectivity index (χ1v) is 7.02. The van der Waals surface area contributed by atoms with Crippen LogP contribution in [-0.4, -0.2) is 25.1 Å². The third-order valence-electron chi connectivity index (χ3n) is 3.22. The van der Waals surface area contributed by atoms with Gasteiger partial charge in [-0.2, -0.15) is 0 Å². The molecule has 2 rings (SSSR count). The normalized spacial score (nSPS) is 10.9. The third-order valence-corrected chi connectivity index (χ3v) is 3.22. The van der Waals surface area contributed by atoms with Crippen molar-refractivity contribution in [2.45, 2.75) is 13.1 Å². The first-order chi connectivity index (χ1) is 10.2. The van der Waals surface area contributed by atoms with E-state index in [4.69, 9.17) is 10.5 Å². The molecular weight excluding hydrogens is 267 g/mol. The zero-order valence-electron chi connectivity index (χ0n) is 12.3. The largest absolute Gasteiger partial charge is 0.492 e. The van der Waals surface area contributed by atoms with E-state index in [2.05, 4.69) is 4.90 Å². The number of nitrogens with two attached hydrogens (primary N) is 1. The number of hydrogen-bond donors (Lipinski definition) is 1. The van der Waals surface area contributed by atoms with Gasteiger partial charge in [0, 0.05) is 19.6 Å². The zero-order valence-corrected chi connectivity index (χ0v) is 12.3. The maximum absolute atomic E-state index is 13.1. The average molecular weight is 288 g/mol. The summed E-state index contributed by atoms with van der Waals surface area (Å²) in [7, 11) is 1.99. The summed E-state index contributed by atoms with van der Waals surface area (Å²) in [6.07, 6.45) is 0. The molecular formula is C17H21FN2O. The Bertz CT molecular complexity index is 574. The second kappa shape index (κ2) is 7.76. The number of likely N-dealkylation sites (N-methyl/N-ethyl adjacent to an activating group) is 1. The topological polar surface area (TPSA) is 38.5 Å². The molecule has 0 unspecified atom stereocenters. The number of ether oxygens (including phenoxy) is 1. The number of halogens is 1. The Kier molecular flexibility index (Phi) is 5.72. The van der Waals surface area contributed by atoms with E-state index < -0.39 is 0 Å². The van der Waals surface area contributed by atoms with Crippen LogP contribution in [0.25, 0.3) is 0 Å². The smallest absolute Gasteiger partial charge is 0.123 e. The Morgan fingerprint density at radius 3 is 2.62 bits per heavy atom. The van der Waals surface area contributed by atoms with Gasteiger partial charge < -0.3 is 10.5 Å². The first-order valence-electron chi connectivity index (χ1n) is 7.02. The summed E-state index contributed by atoms with van der Waals surface area (Å²) in [4.78, 5) is 2.10. The fourth-order valence-corrected chi connectivity index (χ4v) is 2.11. The van der Waals surface area contributed by atoms with Crippen molar-refractivity contribution in [1.82, 2.24) is 4.90 Å². The van der Waals surface area contributed by atoms with Crippen molar-refractivity contribution in [1.29, 1.82) is 0 Å². The molecule has 0 aromatic heterocycles. The van der Waals surface area contributed by atoms with Crippen LogP contribution in [0.5, 0.6) is 5.75 Å². The van der Waals surface area contributed by atoms with Crippen molar-refractivity contribution in [3.8, 4) is 5.75 Å². The number of rotatable bonds is 7. The summed E-state index contributed by atoms with van der Waals surface area (Å²) in [6.45, 7) is 2.56. The molecule has 0 amide bonds. The Labute approximate surface area is 125 Å². The Hall–Kier alpha value is -1.91. The van der Waals surface area contributed by atoms with Gasteiger partial charge in [-0.3, -0.25) is 4.90 Å². The maximum Gasteiger partial charge on any atom is 0.123 e. The average Bonchev–Trinajstić information content (AvgIpc) is 2.47. The number of hydrogen-bond acceptors (Lipinski definition) is 3. The molecule has 0 spiro atoms. The minimum atomic E-state index is -0.198. The molecule has 0 saturated carbocycles. The van der Waals surface area contributed by atoms with Crippen LogP contribution in [0.2, 0.25) is 0 Å². The summed E-state index contributed by atoms with van der Waals surface area (Å²) in [5, 5.41) is 0. The van der Waals surface area contributed by atoms with Crippen LogP contribution in [0.15, 0.2) is 48.5 Å². The summed E-state index contributed by atoms with van der Waals surface area (Å²) >= 11 is 0. The standard InChI is InChI=1S/C17H21FN2O/c1-20(13-15-5-2-6-16(18)10-15)8-9-21-17-7-3-4-14(11-17)12-19/h2-7,10-11H,8-9,12-13,19H2,1H3. The van der Waals surface area contributed by atoms with Crippen molar-refractivity contribution >= 4 is 0 Å². The molecule has 3 nitrogen and oxygen atoms in total. The molecule has 2 N–H and O–H groups in total. The lowest BCUT2D eigenvalue weighted by molar-refractivity contribution is 0.232. The monoisotopic (exact) mass is 288 g/mol. The minimum absolute atomic E-state index is 0.198. The molecule has 0 atom stereocenters. The van der Waals surface area contributed by atoms with Crippen LogP contribution < -0.4 is 10.5 Å². The SMILES string of the molecule is CN(CCOc1cccc(CN)c1)Cc1cccc(F)c1. The van der Waals surface area contributed by atoms with Crippen molar-refractivity contribution < 1.29 is 9.13 Å². The predicted molar refractivity (Wildman–Crippen MR) is 82.6 cm³/mol. The molecule has 2 aromatic rings. The van der Waals surface area contributed by atoms with Crippen LogP contribution in [0.4, 0.5) is 4.39 Å². The van der Waals surface area contributed by atoms with Crippen LogP contribution in [-0.2, 0) is 13.1 Å². The van der Waals surface area contributed by atoms with Crippen LogP contribution >= 0.6 is 0 Å². The third kappa shape index (κ3) is 5.17. The van der Waals surface area contributed by atoms with Crippen LogP contribution in [0.3, 0.4) is 0 Å². The second-order valence-corrected chi connectivity index (χ2v) is 5.07. The van der Waals surface area contributed by atoms with E-state index in [1.807, 2.05) is 37.4 Å². The van der Waals surface area contributed by atoms with Crippen molar-refractivity contribution in [2.24, 2.45) is 5.73 Å². The molecule has 112 valence electrons. The van der Waals surface area contributed by atoms with Gasteiger partial charge in [-0.25, -0.2) is 4.39 Å². The summed E-state index contributed by atoms with van der Waals surface area (Å²) in [5.41, 5.74) is 7.62. The van der Waals surface area contributed by atoms with Crippen LogP contribution in [0.1, 0.15) is 11.1 Å². The van der Waals surface area contributed by atoms with Gasteiger partial charge in [-0.15, -0.1) is 0 Å². The molecule has 4 heteroatoms. The van der Waals surface area contributed by atoms with E-state index in [1.54, 1.807) is 12.1 Å². The van der Waals surface area contributed by atoms with E-state index >= 15 is 0 Å². The molecule has 0 saturated heterocycles. The van der Waals surface area contributed by atoms with Gasteiger partial charge in [0.15, 0.2) is 0 Å². The summed E-state index contributed by atoms with van der Waals surface area (Å²) in [5.74, 6) is 0.632. The highest BCUT2D eigenvalue weighted by Crippen LogP contribution is 2.13. The maximum atomic E-state index is 13.1. The van der Waals surface area contributed by atoms with Gasteiger partial charge in [-0.1, -0.05) is 24.3 Å². The summed E-state index contributed by atoms with van der Waals surface area (Å²) < 4.78 is 18.8. The molecule has 0 aliphatic heterocycles. The number of nitrogens with zero attached hydrogens (tertiary/aromatic N) is 1. The summed E-state index contributed by atoms with van der Waals surface area (Å²) in [6, 6.07) is 14.5. The molecule has 0 bridgehead atoms. The molecule has 0 fully saturated rings. The fraction of sp³-hybridized carbons (Fsp3) is 0.294. The van der Waals surface area contributed by atoms with Gasteiger partial charge >= 0.3 is 0 Å². The van der Waals surface area contributed by atoms with Crippen molar-refractivity contribution in [2.75, 3.05) is 20.2 Å². The first kappa shape index (κ1) is 15.5. The Morgan fingerprint density at radius 1 is 1.10 bits per heavy atom. The predicted octanol–water partition coefficient (Wildman–Crippen LogP) is 2.80. The number of benzene rings is 2. The van der Waals surface area contributed by atoms with Crippen LogP contribution in [0, 0.1) is 5.82 Å². The van der Waals surface area contributed by atoms with E-state index in [0.29, 0.717) is 19.7 Å². The van der Waals surface area contributed by atoms with Gasteiger partial charge in [0.05, 0.1) is 0 Å². The highest BCUT2D eigenvalue weighted by molar-refractivity contribution is 5.28. The van der Waals surface area contributed by atoms with Crippen molar-refractivity contribution in [3.63, 3.8) is 0 Å². The van der Waals surface area contributed by atoms with Gasteiger partial charge in [-0.05, 0) is 42.4 Å². The van der Waals surface area contributed by atoms with Gasteiger partial charge in [0.25, 0.3) is 0 Å². The quantitative estimate of drug-likeness (QED) is 0.851. The van der Waals surface area contributed by atoms with E-state index in [0.717, 1.165) is 23.4 Å². The van der Waals surface area contributed by atoms with Gasteiger partial charge in [0.1, 0.15) is 18.2 Å². The molecule has 2 aromatic carbocycles. The Morgan fingerprint density at radius 2 is 1.86 bits per heavy atom. The Balaban J connectivity index is 1.77. The lowest BCUT2D eigenvalue weighted by Crippen LogP contribution is -2.23. The highest BCUT2D eigenvalue weighted by atomic mass is 19.1. The lowest BCUT2D eigenvalue weighted by atomic mass is 10.2. The van der Waals surface area contributed by atoms with Gasteiger partial charge in [0.2, 0.25) is 0 Å². The zero-order chi connectivity index (χ0) is 15.1. The molecule has 0 radical (unpaired) electrons. The lowest BCUT2D eigenvalue weighted by Gasteiger charge is -2.17. The van der Waals surface area contributed by atoms with E-state index in [1.165, 1.54) is 6.07 Å². The van der Waals surface area contributed by atoms with E-state index in [-0.39, 0.29) is 5.82 Å².